The van der Waals surface area contributed by atoms with Gasteiger partial charge in [-0.1, -0.05) is 30.2 Å². The summed E-state index contributed by atoms with van der Waals surface area (Å²) in [6, 6.07) is 9.57. The van der Waals surface area contributed by atoms with E-state index in [1.165, 1.54) is 0 Å². The van der Waals surface area contributed by atoms with E-state index in [4.69, 9.17) is 16.3 Å². The van der Waals surface area contributed by atoms with Crippen LogP contribution in [-0.4, -0.2) is 12.6 Å². The Morgan fingerprint density at radius 1 is 1.58 bits per heavy atom. The van der Waals surface area contributed by atoms with E-state index in [1.807, 2.05) is 18.2 Å². The van der Waals surface area contributed by atoms with E-state index in [0.29, 0.717) is 11.6 Å². The van der Waals surface area contributed by atoms with Crippen molar-refractivity contribution in [3.05, 3.63) is 34.9 Å². The summed E-state index contributed by atoms with van der Waals surface area (Å²) in [5, 5.41) is 10.00. The molecule has 0 heterocycles. The van der Waals surface area contributed by atoms with Gasteiger partial charge in [-0.3, -0.25) is 4.79 Å². The fraction of sp³-hybridized carbons (Fsp3) is 0.467. The second-order valence-corrected chi connectivity index (χ2v) is 5.27. The van der Waals surface area contributed by atoms with E-state index in [-0.39, 0.29) is 0 Å². The van der Waals surface area contributed by atoms with E-state index < -0.39 is 17.3 Å². The fourth-order valence-electron chi connectivity index (χ4n) is 2.73. The molecule has 1 aliphatic rings. The van der Waals surface area contributed by atoms with Crippen molar-refractivity contribution in [1.29, 1.82) is 5.26 Å². The summed E-state index contributed by atoms with van der Waals surface area (Å²) in [6.45, 7) is 2.04. The van der Waals surface area contributed by atoms with Crippen molar-refractivity contribution >= 4 is 17.6 Å². The highest BCUT2D eigenvalue weighted by molar-refractivity contribution is 6.30. The monoisotopic (exact) mass is 277 g/mol. The number of carbonyl (C=O) groups excluding carboxylic acids is 1. The Bertz CT molecular complexity index is 517. The van der Waals surface area contributed by atoms with E-state index in [9.17, 15) is 10.1 Å². The number of nitriles is 1. The van der Waals surface area contributed by atoms with Crippen molar-refractivity contribution in [2.75, 3.05) is 6.61 Å². The van der Waals surface area contributed by atoms with Crippen molar-refractivity contribution in [1.82, 2.24) is 0 Å². The lowest BCUT2D eigenvalue weighted by Gasteiger charge is -2.44. The van der Waals surface area contributed by atoms with E-state index in [0.717, 1.165) is 24.8 Å². The highest BCUT2D eigenvalue weighted by Gasteiger charge is 2.50. The lowest BCUT2D eigenvalue weighted by atomic mass is 9.58. The molecular formula is C15H16ClNO2. The number of benzene rings is 1. The first kappa shape index (κ1) is 13.9. The molecule has 1 fully saturated rings. The highest BCUT2D eigenvalue weighted by Crippen LogP contribution is 2.50. The summed E-state index contributed by atoms with van der Waals surface area (Å²) in [5.74, 6) is -1.18. The van der Waals surface area contributed by atoms with Crippen molar-refractivity contribution in [3.8, 4) is 6.07 Å². The molecular weight excluding hydrogens is 262 g/mol. The second kappa shape index (κ2) is 5.63. The lowest BCUT2D eigenvalue weighted by Crippen LogP contribution is -2.45. The molecule has 1 unspecified atom stereocenters. The Kier molecular flexibility index (Phi) is 4.11. The Hall–Kier alpha value is -1.53. The van der Waals surface area contributed by atoms with Crippen LogP contribution in [0.15, 0.2) is 24.3 Å². The molecule has 1 atom stereocenters. The Morgan fingerprint density at radius 2 is 2.32 bits per heavy atom. The van der Waals surface area contributed by atoms with Gasteiger partial charge < -0.3 is 4.74 Å². The van der Waals surface area contributed by atoms with Crippen LogP contribution in [0.2, 0.25) is 5.02 Å². The Labute approximate surface area is 118 Å². The first-order valence-electron chi connectivity index (χ1n) is 6.46. The number of hydrogen-bond acceptors (Lipinski definition) is 3. The zero-order valence-electron chi connectivity index (χ0n) is 10.9. The molecule has 0 aromatic heterocycles. The Balaban J connectivity index is 2.37. The minimum absolute atomic E-state index is 0.294. The zero-order chi connectivity index (χ0) is 13.9. The first-order valence-corrected chi connectivity index (χ1v) is 6.84. The van der Waals surface area contributed by atoms with Crippen LogP contribution in [-0.2, 0) is 14.9 Å². The number of rotatable bonds is 4. The van der Waals surface area contributed by atoms with Gasteiger partial charge in [0.05, 0.1) is 12.7 Å². The number of ether oxygens (including phenoxy) is 1. The van der Waals surface area contributed by atoms with Crippen molar-refractivity contribution < 1.29 is 9.53 Å². The molecule has 19 heavy (non-hydrogen) atoms. The van der Waals surface area contributed by atoms with Crippen molar-refractivity contribution in [2.45, 2.75) is 31.6 Å². The average molecular weight is 278 g/mol. The maximum Gasteiger partial charge on any atom is 0.324 e. The molecule has 1 saturated carbocycles. The number of halogens is 1. The molecule has 0 bridgehead atoms. The minimum Gasteiger partial charge on any atom is -0.465 e. The van der Waals surface area contributed by atoms with Crippen LogP contribution in [0, 0.1) is 17.2 Å². The SMILES string of the molecule is CCOC(=O)C(C#N)C1(c2cccc(Cl)c2)CCC1. The third-order valence-electron chi connectivity index (χ3n) is 3.85. The molecule has 0 radical (unpaired) electrons. The van der Waals surface area contributed by atoms with Crippen molar-refractivity contribution in [3.63, 3.8) is 0 Å². The zero-order valence-corrected chi connectivity index (χ0v) is 11.6. The molecule has 0 aliphatic heterocycles. The summed E-state index contributed by atoms with van der Waals surface area (Å²) in [4.78, 5) is 12.0. The predicted molar refractivity (Wildman–Crippen MR) is 72.7 cm³/mol. The average Bonchev–Trinajstić information content (AvgIpc) is 2.33. The summed E-state index contributed by atoms with van der Waals surface area (Å²) in [6.07, 6.45) is 2.67. The first-order chi connectivity index (χ1) is 9.14. The minimum atomic E-state index is -0.750. The van der Waals surface area contributed by atoms with Crippen LogP contribution in [0.3, 0.4) is 0 Å². The van der Waals surface area contributed by atoms with Gasteiger partial charge in [-0.25, -0.2) is 0 Å². The lowest BCUT2D eigenvalue weighted by molar-refractivity contribution is -0.149. The van der Waals surface area contributed by atoms with Gasteiger partial charge in [-0.15, -0.1) is 0 Å². The molecule has 4 heteroatoms. The highest BCUT2D eigenvalue weighted by atomic mass is 35.5. The van der Waals surface area contributed by atoms with Gasteiger partial charge in [0.25, 0.3) is 0 Å². The molecule has 1 aromatic rings. The van der Waals surface area contributed by atoms with Gasteiger partial charge in [0, 0.05) is 10.4 Å². The summed E-state index contributed by atoms with van der Waals surface area (Å²) >= 11 is 6.02. The van der Waals surface area contributed by atoms with E-state index in [1.54, 1.807) is 13.0 Å². The second-order valence-electron chi connectivity index (χ2n) is 4.83. The number of carbonyl (C=O) groups is 1. The largest absolute Gasteiger partial charge is 0.465 e. The molecule has 3 nitrogen and oxygen atoms in total. The fourth-order valence-corrected chi connectivity index (χ4v) is 2.92. The van der Waals surface area contributed by atoms with Gasteiger partial charge in [0.15, 0.2) is 5.92 Å². The molecule has 0 spiro atoms. The van der Waals surface area contributed by atoms with Gasteiger partial charge in [0.1, 0.15) is 0 Å². The number of nitrogens with zero attached hydrogens (tertiary/aromatic N) is 1. The van der Waals surface area contributed by atoms with Crippen LogP contribution in [0.5, 0.6) is 0 Å². The third-order valence-corrected chi connectivity index (χ3v) is 4.08. The van der Waals surface area contributed by atoms with E-state index in [2.05, 4.69) is 6.07 Å². The maximum atomic E-state index is 12.0. The van der Waals surface area contributed by atoms with Gasteiger partial charge >= 0.3 is 5.97 Å². The van der Waals surface area contributed by atoms with Crippen LogP contribution in [0.25, 0.3) is 0 Å². The molecule has 1 aliphatic carbocycles. The normalized spacial score (nSPS) is 17.9. The van der Waals surface area contributed by atoms with Gasteiger partial charge in [-0.2, -0.15) is 5.26 Å². The van der Waals surface area contributed by atoms with Gasteiger partial charge in [0.2, 0.25) is 0 Å². The summed E-state index contributed by atoms with van der Waals surface area (Å²) < 4.78 is 5.03. The van der Waals surface area contributed by atoms with E-state index >= 15 is 0 Å². The molecule has 0 saturated heterocycles. The molecule has 0 N–H and O–H groups in total. The van der Waals surface area contributed by atoms with Crippen LogP contribution >= 0.6 is 11.6 Å². The molecule has 1 aromatic carbocycles. The molecule has 2 rings (SSSR count). The maximum absolute atomic E-state index is 12.0. The summed E-state index contributed by atoms with van der Waals surface area (Å²) in [7, 11) is 0. The van der Waals surface area contributed by atoms with Crippen LogP contribution in [0.4, 0.5) is 0 Å². The predicted octanol–water partition coefficient (Wildman–Crippen LogP) is 3.46. The standard InChI is InChI=1S/C15H16ClNO2/c1-2-19-14(18)13(10-17)15(7-4-8-15)11-5-3-6-12(16)9-11/h3,5-6,9,13H,2,4,7-8H2,1H3. The van der Waals surface area contributed by atoms with Gasteiger partial charge in [-0.05, 0) is 37.5 Å². The van der Waals surface area contributed by atoms with Crippen LogP contribution in [0.1, 0.15) is 31.7 Å². The third kappa shape index (κ3) is 2.46. The Morgan fingerprint density at radius 3 is 2.79 bits per heavy atom. The summed E-state index contributed by atoms with van der Waals surface area (Å²) in [5.41, 5.74) is 0.539. The number of esters is 1. The quantitative estimate of drug-likeness (QED) is 0.792. The molecule has 0 amide bonds. The molecule has 100 valence electrons. The smallest absolute Gasteiger partial charge is 0.324 e. The van der Waals surface area contributed by atoms with Crippen LogP contribution < -0.4 is 0 Å². The van der Waals surface area contributed by atoms with Crippen molar-refractivity contribution in [2.24, 2.45) is 5.92 Å². The topological polar surface area (TPSA) is 50.1 Å². The number of hydrogen-bond donors (Lipinski definition) is 0.